The summed E-state index contributed by atoms with van der Waals surface area (Å²) in [4.78, 5) is 24.0. The molecule has 6 nitrogen and oxygen atoms in total. The second-order valence-electron chi connectivity index (χ2n) is 9.03. The summed E-state index contributed by atoms with van der Waals surface area (Å²) in [5.41, 5.74) is -1.17. The van der Waals surface area contributed by atoms with Gasteiger partial charge in [0.1, 0.15) is 13.2 Å². The van der Waals surface area contributed by atoms with Crippen molar-refractivity contribution in [2.75, 3.05) is 26.4 Å². The Morgan fingerprint density at radius 2 is 0.939 bits per heavy atom. The molecule has 0 aliphatic rings. The fourth-order valence-electron chi connectivity index (χ4n) is 3.42. The van der Waals surface area contributed by atoms with E-state index in [4.69, 9.17) is 9.47 Å². The van der Waals surface area contributed by atoms with E-state index in [1.54, 1.807) is 0 Å². The van der Waals surface area contributed by atoms with Crippen LogP contribution in [0.1, 0.15) is 103 Å². The normalized spacial score (nSPS) is 11.2. The molecule has 0 aromatic carbocycles. The molecule has 0 heterocycles. The molecular formula is C27H48O6. The molecule has 0 radical (unpaired) electrons. The number of carbonyl (C=O) groups excluding carboxylic acids is 2. The summed E-state index contributed by atoms with van der Waals surface area (Å²) in [6.45, 7) is 6.23. The summed E-state index contributed by atoms with van der Waals surface area (Å²) in [5, 5.41) is 19.4. The van der Waals surface area contributed by atoms with E-state index in [1.165, 1.54) is 12.8 Å². The molecule has 0 aromatic heterocycles. The predicted octanol–water partition coefficient (Wildman–Crippen LogP) is 5.66. The highest BCUT2D eigenvalue weighted by Crippen LogP contribution is 2.19. The first-order valence-corrected chi connectivity index (χ1v) is 12.8. The Balaban J connectivity index is 3.98. The summed E-state index contributed by atoms with van der Waals surface area (Å²) >= 11 is 0. The maximum atomic E-state index is 12.0. The highest BCUT2D eigenvalue weighted by Gasteiger charge is 2.32. The summed E-state index contributed by atoms with van der Waals surface area (Å²) in [6, 6.07) is 0. The Kier molecular flexibility index (Phi) is 21.0. The molecule has 0 fully saturated rings. The van der Waals surface area contributed by atoms with Gasteiger partial charge in [0.05, 0.1) is 18.6 Å². The Bertz CT molecular complexity index is 471. The van der Waals surface area contributed by atoms with Gasteiger partial charge in [-0.1, -0.05) is 63.5 Å². The van der Waals surface area contributed by atoms with Gasteiger partial charge < -0.3 is 19.7 Å². The third kappa shape index (κ3) is 18.5. The van der Waals surface area contributed by atoms with Crippen molar-refractivity contribution in [3.8, 4) is 0 Å². The average Bonchev–Trinajstić information content (AvgIpc) is 2.83. The van der Waals surface area contributed by atoms with E-state index in [1.807, 2.05) is 12.2 Å². The van der Waals surface area contributed by atoms with E-state index in [-0.39, 0.29) is 25.2 Å². The van der Waals surface area contributed by atoms with Crippen molar-refractivity contribution >= 4 is 11.9 Å². The minimum Gasteiger partial charge on any atom is -0.465 e. The smallest absolute Gasteiger partial charge is 0.305 e. The van der Waals surface area contributed by atoms with E-state index >= 15 is 0 Å². The van der Waals surface area contributed by atoms with Gasteiger partial charge in [-0.25, -0.2) is 0 Å². The minimum absolute atomic E-state index is 0.168. The first-order valence-electron chi connectivity index (χ1n) is 12.8. The number of hydrogen-bond acceptors (Lipinski definition) is 6. The third-order valence-electron chi connectivity index (χ3n) is 5.83. The molecule has 0 saturated heterocycles. The van der Waals surface area contributed by atoms with Crippen molar-refractivity contribution < 1.29 is 29.3 Å². The van der Waals surface area contributed by atoms with Gasteiger partial charge in [0, 0.05) is 12.8 Å². The van der Waals surface area contributed by atoms with E-state index < -0.39 is 18.6 Å². The maximum Gasteiger partial charge on any atom is 0.305 e. The zero-order chi connectivity index (χ0) is 24.6. The van der Waals surface area contributed by atoms with Crippen molar-refractivity contribution in [2.24, 2.45) is 5.41 Å². The van der Waals surface area contributed by atoms with Gasteiger partial charge in [0.2, 0.25) is 0 Å². The zero-order valence-corrected chi connectivity index (χ0v) is 20.7. The van der Waals surface area contributed by atoms with Gasteiger partial charge in [-0.2, -0.15) is 0 Å². The lowest BCUT2D eigenvalue weighted by atomic mass is 9.92. The Morgan fingerprint density at radius 3 is 1.27 bits per heavy atom. The highest BCUT2D eigenvalue weighted by atomic mass is 16.5. The molecule has 0 unspecified atom stereocenters. The number of aliphatic hydroxyl groups is 2. The first-order chi connectivity index (χ1) is 16.0. The van der Waals surface area contributed by atoms with Crippen molar-refractivity contribution in [3.05, 3.63) is 25.3 Å². The van der Waals surface area contributed by atoms with Crippen LogP contribution in [0.4, 0.5) is 0 Å². The van der Waals surface area contributed by atoms with Gasteiger partial charge >= 0.3 is 11.9 Å². The predicted molar refractivity (Wildman–Crippen MR) is 133 cm³/mol. The van der Waals surface area contributed by atoms with Gasteiger partial charge in [-0.05, 0) is 38.5 Å². The van der Waals surface area contributed by atoms with E-state index in [0.717, 1.165) is 77.0 Å². The summed E-state index contributed by atoms with van der Waals surface area (Å²) in [7, 11) is 0. The van der Waals surface area contributed by atoms with Crippen LogP contribution in [0.5, 0.6) is 0 Å². The molecule has 0 amide bonds. The van der Waals surface area contributed by atoms with Gasteiger partial charge in [0.25, 0.3) is 0 Å². The van der Waals surface area contributed by atoms with Crippen molar-refractivity contribution in [2.45, 2.75) is 103 Å². The molecule has 0 aliphatic carbocycles. The number of esters is 2. The second-order valence-corrected chi connectivity index (χ2v) is 9.03. The first kappa shape index (κ1) is 31.3. The monoisotopic (exact) mass is 468 g/mol. The highest BCUT2D eigenvalue weighted by molar-refractivity contribution is 5.69. The van der Waals surface area contributed by atoms with Crippen LogP contribution in [-0.4, -0.2) is 48.6 Å². The van der Waals surface area contributed by atoms with Gasteiger partial charge in [0.15, 0.2) is 0 Å². The number of aliphatic hydroxyl groups excluding tert-OH is 2. The van der Waals surface area contributed by atoms with Crippen molar-refractivity contribution in [1.82, 2.24) is 0 Å². The molecular weight excluding hydrogens is 420 g/mol. The Hall–Kier alpha value is -1.66. The molecule has 0 bridgehead atoms. The van der Waals surface area contributed by atoms with Gasteiger partial charge in [-0.15, -0.1) is 13.2 Å². The lowest BCUT2D eigenvalue weighted by molar-refractivity contribution is -0.159. The third-order valence-corrected chi connectivity index (χ3v) is 5.83. The zero-order valence-electron chi connectivity index (χ0n) is 20.7. The van der Waals surface area contributed by atoms with E-state index in [2.05, 4.69) is 13.2 Å². The van der Waals surface area contributed by atoms with Crippen molar-refractivity contribution in [3.63, 3.8) is 0 Å². The number of ether oxygens (including phenoxy) is 2. The lowest BCUT2D eigenvalue weighted by Gasteiger charge is -2.28. The largest absolute Gasteiger partial charge is 0.465 e. The topological polar surface area (TPSA) is 93.1 Å². The van der Waals surface area contributed by atoms with Crippen LogP contribution in [0, 0.1) is 5.41 Å². The van der Waals surface area contributed by atoms with Crippen LogP contribution in [0.15, 0.2) is 25.3 Å². The van der Waals surface area contributed by atoms with Gasteiger partial charge in [-0.3, -0.25) is 9.59 Å². The quantitative estimate of drug-likeness (QED) is 0.108. The van der Waals surface area contributed by atoms with Crippen LogP contribution in [0.3, 0.4) is 0 Å². The average molecular weight is 469 g/mol. The number of hydrogen-bond donors (Lipinski definition) is 2. The number of unbranched alkanes of at least 4 members (excludes halogenated alkanes) is 12. The van der Waals surface area contributed by atoms with Crippen LogP contribution in [0.25, 0.3) is 0 Å². The Labute approximate surface area is 201 Å². The maximum absolute atomic E-state index is 12.0. The molecule has 2 N–H and O–H groups in total. The Morgan fingerprint density at radius 1 is 0.606 bits per heavy atom. The number of allylic oxidation sites excluding steroid dienone is 2. The lowest BCUT2D eigenvalue weighted by Crippen LogP contribution is -2.41. The summed E-state index contributed by atoms with van der Waals surface area (Å²) in [6.07, 6.45) is 19.2. The molecule has 0 saturated carbocycles. The molecule has 6 heteroatoms. The minimum atomic E-state index is -1.17. The van der Waals surface area contributed by atoms with Crippen molar-refractivity contribution in [1.29, 1.82) is 0 Å². The number of rotatable bonds is 24. The summed E-state index contributed by atoms with van der Waals surface area (Å²) < 4.78 is 10.5. The molecule has 33 heavy (non-hydrogen) atoms. The molecule has 0 aromatic rings. The van der Waals surface area contributed by atoms with Crippen LogP contribution in [-0.2, 0) is 19.1 Å². The molecule has 0 atom stereocenters. The van der Waals surface area contributed by atoms with Crippen LogP contribution >= 0.6 is 0 Å². The standard InChI is InChI=1S/C27H48O6/c1-3-5-7-9-11-13-15-17-19-25(30)32-23-27(21-28,22-29)24-33-26(31)20-18-16-14-12-10-8-6-4-2/h3-4,28-29H,1-2,5-24H2. The molecule has 192 valence electrons. The fourth-order valence-corrected chi connectivity index (χ4v) is 3.42. The van der Waals surface area contributed by atoms with E-state index in [9.17, 15) is 19.8 Å². The fraction of sp³-hybridized carbons (Fsp3) is 0.778. The number of carbonyl (C=O) groups is 2. The molecule has 0 aliphatic heterocycles. The van der Waals surface area contributed by atoms with Crippen LogP contribution in [0.2, 0.25) is 0 Å². The molecule has 0 spiro atoms. The van der Waals surface area contributed by atoms with E-state index in [0.29, 0.717) is 12.8 Å². The molecule has 0 rings (SSSR count). The second kappa shape index (κ2) is 22.1. The SMILES string of the molecule is C=CCCCCCCCCC(=O)OCC(CO)(CO)COC(=O)CCCCCCCCC=C. The van der Waals surface area contributed by atoms with Crippen LogP contribution < -0.4 is 0 Å². The summed E-state index contributed by atoms with van der Waals surface area (Å²) in [5.74, 6) is -0.709.